The van der Waals surface area contributed by atoms with Gasteiger partial charge in [0.25, 0.3) is 0 Å². The van der Waals surface area contributed by atoms with Gasteiger partial charge in [0.05, 0.1) is 11.9 Å². The van der Waals surface area contributed by atoms with Crippen molar-refractivity contribution in [2.24, 2.45) is 0 Å². The number of anilines is 1. The summed E-state index contributed by atoms with van der Waals surface area (Å²) in [4.78, 5) is 28.4. The highest BCUT2D eigenvalue weighted by Crippen LogP contribution is 2.28. The molecule has 2 atom stereocenters. The number of amides is 2. The SMILES string of the molecule is CC[C@@H](C)NC(=O)[C@@H](CC)N(Cc1ccccc1C)C(=O)CN(c1cccc(Cl)c1C)S(C)(=O)=O. The third kappa shape index (κ3) is 7.45. The molecule has 0 spiro atoms. The van der Waals surface area contributed by atoms with E-state index in [2.05, 4.69) is 5.32 Å². The fourth-order valence-electron chi connectivity index (χ4n) is 3.79. The first-order chi connectivity index (χ1) is 16.4. The summed E-state index contributed by atoms with van der Waals surface area (Å²) in [5.74, 6) is -0.724. The number of hydrogen-bond donors (Lipinski definition) is 1. The Morgan fingerprint density at radius 3 is 2.26 bits per heavy atom. The van der Waals surface area contributed by atoms with Crippen LogP contribution in [0.5, 0.6) is 0 Å². The maximum atomic E-state index is 13.8. The number of carbonyl (C=O) groups excluding carboxylic acids is 2. The normalized spacial score (nSPS) is 13.1. The smallest absolute Gasteiger partial charge is 0.244 e. The molecule has 0 aliphatic rings. The standard InChI is InChI=1S/C26H36ClN3O4S/c1-7-19(4)28-26(32)23(8-2)29(16-21-13-10-9-12-18(21)3)25(31)17-30(35(6,33)34)24-15-11-14-22(27)20(24)5/h9-15,19,23H,7-8,16-17H2,1-6H3,(H,28,32)/t19-,23-/m1/s1. The van der Waals surface area contributed by atoms with Crippen molar-refractivity contribution < 1.29 is 18.0 Å². The van der Waals surface area contributed by atoms with E-state index in [0.717, 1.165) is 28.1 Å². The lowest BCUT2D eigenvalue weighted by atomic mass is 10.1. The van der Waals surface area contributed by atoms with Gasteiger partial charge in [-0.1, -0.05) is 55.8 Å². The lowest BCUT2D eigenvalue weighted by Crippen LogP contribution is -2.53. The number of halogens is 1. The number of hydrogen-bond acceptors (Lipinski definition) is 4. The number of nitrogens with one attached hydrogen (secondary N) is 1. The number of sulfonamides is 1. The van der Waals surface area contributed by atoms with E-state index in [-0.39, 0.29) is 18.5 Å². The second-order valence-electron chi connectivity index (χ2n) is 8.84. The zero-order chi connectivity index (χ0) is 26.3. The summed E-state index contributed by atoms with van der Waals surface area (Å²) in [7, 11) is -3.82. The molecular weight excluding hydrogens is 486 g/mol. The third-order valence-electron chi connectivity index (χ3n) is 6.18. The number of carbonyl (C=O) groups is 2. The predicted molar refractivity (Wildman–Crippen MR) is 142 cm³/mol. The molecule has 0 fully saturated rings. The Kier molecular flexibility index (Phi) is 10.2. The molecule has 2 aromatic rings. The molecule has 0 aromatic heterocycles. The lowest BCUT2D eigenvalue weighted by molar-refractivity contribution is -0.140. The van der Waals surface area contributed by atoms with Gasteiger partial charge in [0.15, 0.2) is 0 Å². The average molecular weight is 522 g/mol. The highest BCUT2D eigenvalue weighted by atomic mass is 35.5. The Morgan fingerprint density at radius 1 is 1.03 bits per heavy atom. The Bertz CT molecular complexity index is 1150. The molecule has 2 rings (SSSR count). The molecule has 0 saturated heterocycles. The van der Waals surface area contributed by atoms with Crippen LogP contribution in [0.25, 0.3) is 0 Å². The number of benzene rings is 2. The van der Waals surface area contributed by atoms with Gasteiger partial charge in [0.1, 0.15) is 12.6 Å². The van der Waals surface area contributed by atoms with Crippen molar-refractivity contribution in [2.45, 2.75) is 66.1 Å². The topological polar surface area (TPSA) is 86.8 Å². The first-order valence-corrected chi connectivity index (χ1v) is 14.0. The molecule has 0 radical (unpaired) electrons. The minimum Gasteiger partial charge on any atom is -0.352 e. The van der Waals surface area contributed by atoms with Gasteiger partial charge >= 0.3 is 0 Å². The van der Waals surface area contributed by atoms with E-state index < -0.39 is 28.5 Å². The van der Waals surface area contributed by atoms with Gasteiger partial charge in [-0.3, -0.25) is 13.9 Å². The Labute approximate surface area is 214 Å². The van der Waals surface area contributed by atoms with Crippen LogP contribution in [0.2, 0.25) is 5.02 Å². The van der Waals surface area contributed by atoms with Gasteiger partial charge in [0, 0.05) is 17.6 Å². The summed E-state index contributed by atoms with van der Waals surface area (Å²) >= 11 is 6.24. The maximum absolute atomic E-state index is 13.8. The summed E-state index contributed by atoms with van der Waals surface area (Å²) in [6.07, 6.45) is 2.19. The molecule has 0 unspecified atom stereocenters. The Balaban J connectivity index is 2.50. The van der Waals surface area contributed by atoms with E-state index in [1.54, 1.807) is 25.1 Å². The number of rotatable bonds is 11. The maximum Gasteiger partial charge on any atom is 0.244 e. The molecule has 1 N–H and O–H groups in total. The van der Waals surface area contributed by atoms with Gasteiger partial charge < -0.3 is 10.2 Å². The van der Waals surface area contributed by atoms with Crippen LogP contribution in [0.1, 0.15) is 50.3 Å². The van der Waals surface area contributed by atoms with E-state index in [9.17, 15) is 18.0 Å². The largest absolute Gasteiger partial charge is 0.352 e. The Morgan fingerprint density at radius 2 is 1.69 bits per heavy atom. The minimum atomic E-state index is -3.82. The van der Waals surface area contributed by atoms with Crippen molar-refractivity contribution in [3.8, 4) is 0 Å². The fourth-order valence-corrected chi connectivity index (χ4v) is 4.86. The molecule has 0 aliphatic heterocycles. The quantitative estimate of drug-likeness (QED) is 0.473. The molecule has 7 nitrogen and oxygen atoms in total. The van der Waals surface area contributed by atoms with Crippen LogP contribution in [0.3, 0.4) is 0 Å². The molecular formula is C26H36ClN3O4S. The molecule has 0 aliphatic carbocycles. The third-order valence-corrected chi connectivity index (χ3v) is 7.71. The van der Waals surface area contributed by atoms with Crippen molar-refractivity contribution >= 4 is 39.1 Å². The fraction of sp³-hybridized carbons (Fsp3) is 0.462. The van der Waals surface area contributed by atoms with E-state index in [1.165, 1.54) is 4.90 Å². The van der Waals surface area contributed by atoms with Gasteiger partial charge in [-0.15, -0.1) is 0 Å². The van der Waals surface area contributed by atoms with E-state index in [4.69, 9.17) is 11.6 Å². The number of aryl methyl sites for hydroxylation is 1. The lowest BCUT2D eigenvalue weighted by Gasteiger charge is -2.34. The van der Waals surface area contributed by atoms with Crippen LogP contribution in [0.15, 0.2) is 42.5 Å². The number of nitrogens with zero attached hydrogens (tertiary/aromatic N) is 2. The molecule has 35 heavy (non-hydrogen) atoms. The van der Waals surface area contributed by atoms with Crippen molar-refractivity contribution in [3.05, 3.63) is 64.2 Å². The molecule has 0 saturated carbocycles. The van der Waals surface area contributed by atoms with Crippen molar-refractivity contribution in [2.75, 3.05) is 17.1 Å². The molecule has 0 heterocycles. The van der Waals surface area contributed by atoms with Crippen LogP contribution in [-0.4, -0.2) is 50.0 Å². The highest BCUT2D eigenvalue weighted by molar-refractivity contribution is 7.92. The first kappa shape index (κ1) is 28.7. The van der Waals surface area contributed by atoms with E-state index in [1.807, 2.05) is 52.0 Å². The second-order valence-corrected chi connectivity index (χ2v) is 11.2. The molecule has 2 aromatic carbocycles. The summed E-state index contributed by atoms with van der Waals surface area (Å²) in [5.41, 5.74) is 2.76. The summed E-state index contributed by atoms with van der Waals surface area (Å²) in [6, 6.07) is 11.8. The summed E-state index contributed by atoms with van der Waals surface area (Å²) < 4.78 is 26.6. The van der Waals surface area contributed by atoms with Crippen LogP contribution < -0.4 is 9.62 Å². The van der Waals surface area contributed by atoms with E-state index >= 15 is 0 Å². The molecule has 192 valence electrons. The van der Waals surface area contributed by atoms with Gasteiger partial charge in [-0.2, -0.15) is 0 Å². The van der Waals surface area contributed by atoms with Crippen LogP contribution in [0, 0.1) is 13.8 Å². The highest BCUT2D eigenvalue weighted by Gasteiger charge is 2.32. The minimum absolute atomic E-state index is 0.0476. The molecule has 0 bridgehead atoms. The van der Waals surface area contributed by atoms with Crippen molar-refractivity contribution in [1.82, 2.24) is 10.2 Å². The summed E-state index contributed by atoms with van der Waals surface area (Å²) in [5, 5.41) is 3.37. The van der Waals surface area contributed by atoms with Crippen LogP contribution in [0.4, 0.5) is 5.69 Å². The molecule has 9 heteroatoms. The van der Waals surface area contributed by atoms with Crippen molar-refractivity contribution in [3.63, 3.8) is 0 Å². The first-order valence-electron chi connectivity index (χ1n) is 11.8. The zero-order valence-electron chi connectivity index (χ0n) is 21.3. The van der Waals surface area contributed by atoms with Gasteiger partial charge in [0.2, 0.25) is 21.8 Å². The predicted octanol–water partition coefficient (Wildman–Crippen LogP) is 4.44. The summed E-state index contributed by atoms with van der Waals surface area (Å²) in [6.45, 7) is 9.11. The Hall–Kier alpha value is -2.58. The monoisotopic (exact) mass is 521 g/mol. The van der Waals surface area contributed by atoms with Crippen LogP contribution in [-0.2, 0) is 26.2 Å². The zero-order valence-corrected chi connectivity index (χ0v) is 22.9. The molecule has 2 amide bonds. The van der Waals surface area contributed by atoms with Crippen molar-refractivity contribution in [1.29, 1.82) is 0 Å². The van der Waals surface area contributed by atoms with Gasteiger partial charge in [-0.05, 0) is 62.4 Å². The van der Waals surface area contributed by atoms with E-state index in [0.29, 0.717) is 22.7 Å². The average Bonchev–Trinajstić information content (AvgIpc) is 2.79. The second kappa shape index (κ2) is 12.4. The van der Waals surface area contributed by atoms with Crippen LogP contribution >= 0.6 is 11.6 Å². The van der Waals surface area contributed by atoms with Gasteiger partial charge in [-0.25, -0.2) is 8.42 Å².